The number of carbonyl (C=O) groups excluding carboxylic acids is 3. The summed E-state index contributed by atoms with van der Waals surface area (Å²) in [6, 6.07) is 0. The zero-order valence-electron chi connectivity index (χ0n) is 42.2. The van der Waals surface area contributed by atoms with E-state index in [2.05, 4.69) is 118 Å². The smallest absolute Gasteiger partial charge is 0.306 e. The van der Waals surface area contributed by atoms with Crippen molar-refractivity contribution in [1.82, 2.24) is 0 Å². The molecule has 0 saturated carbocycles. The minimum Gasteiger partial charge on any atom is -0.462 e. The van der Waals surface area contributed by atoms with Gasteiger partial charge in [-0.1, -0.05) is 221 Å². The third kappa shape index (κ3) is 51.2. The van der Waals surface area contributed by atoms with Crippen molar-refractivity contribution in [3.63, 3.8) is 0 Å². The Balaban J connectivity index is 4.35. The van der Waals surface area contributed by atoms with Crippen LogP contribution >= 0.6 is 0 Å². The van der Waals surface area contributed by atoms with Crippen molar-refractivity contribution in [1.29, 1.82) is 0 Å². The van der Waals surface area contributed by atoms with Crippen LogP contribution in [-0.4, -0.2) is 37.2 Å². The molecular formula is C59H98O6. The largest absolute Gasteiger partial charge is 0.462 e. The number of unbranched alkanes of at least 4 members (excludes halogenated alkanes) is 20. The van der Waals surface area contributed by atoms with Gasteiger partial charge in [0.25, 0.3) is 0 Å². The molecule has 0 heterocycles. The van der Waals surface area contributed by atoms with Crippen molar-refractivity contribution in [3.8, 4) is 0 Å². The molecule has 0 aromatic rings. The maximum atomic E-state index is 12.8. The molecule has 6 heteroatoms. The summed E-state index contributed by atoms with van der Waals surface area (Å²) < 4.78 is 16.7. The second-order valence-corrected chi connectivity index (χ2v) is 17.4. The fraction of sp³-hybridized carbons (Fsp3) is 0.678. The Labute approximate surface area is 400 Å². The number of hydrogen-bond donors (Lipinski definition) is 0. The molecule has 6 nitrogen and oxygen atoms in total. The molecule has 370 valence electrons. The SMILES string of the molecule is CC/C=C\C/C=C\C/C=C\C/C=C\C/C=C\C/C=C\C/C=C\CCCCCC(=O)OCC(COC(=O)CCCCCCC/C=C\CCC)OC(=O)CCCCCCCCCCCCCC. The Kier molecular flexibility index (Phi) is 50.0. The molecular weight excluding hydrogens is 805 g/mol. The first-order valence-electron chi connectivity index (χ1n) is 26.7. The van der Waals surface area contributed by atoms with Crippen molar-refractivity contribution in [2.45, 2.75) is 245 Å². The Morgan fingerprint density at radius 2 is 0.631 bits per heavy atom. The van der Waals surface area contributed by atoms with E-state index in [1.54, 1.807) is 0 Å². The summed E-state index contributed by atoms with van der Waals surface area (Å²) >= 11 is 0. The van der Waals surface area contributed by atoms with Crippen LogP contribution in [0.5, 0.6) is 0 Å². The molecule has 0 aromatic heterocycles. The summed E-state index contributed by atoms with van der Waals surface area (Å²) in [6.45, 7) is 6.42. The van der Waals surface area contributed by atoms with E-state index >= 15 is 0 Å². The highest BCUT2D eigenvalue weighted by molar-refractivity contribution is 5.71. The first kappa shape index (κ1) is 61.3. The molecule has 0 aromatic carbocycles. The van der Waals surface area contributed by atoms with E-state index in [-0.39, 0.29) is 31.1 Å². The second-order valence-electron chi connectivity index (χ2n) is 17.4. The van der Waals surface area contributed by atoms with Crippen LogP contribution in [-0.2, 0) is 28.6 Å². The van der Waals surface area contributed by atoms with Gasteiger partial charge in [0, 0.05) is 19.3 Å². The molecule has 0 bridgehead atoms. The number of hydrogen-bond acceptors (Lipinski definition) is 6. The standard InChI is InChI=1S/C59H98O6/c1-4-7-10-13-16-19-22-24-25-26-27-28-29-30-31-32-33-34-35-36-38-40-43-46-49-52-58(61)64-55-56(54-63-57(60)51-48-45-42-39-21-18-15-12-9-6-3)65-59(62)53-50-47-44-41-37-23-20-17-14-11-8-5-2/h7,10,12,15-16,19,24-25,27-28,30-31,33-34,36,38,56H,4-6,8-9,11,13-14,17-18,20-23,26,29,32,35,37,39-55H2,1-3H3/b10-7-,15-12-,19-16-,25-24-,28-27-,31-30-,34-33-,38-36-. The van der Waals surface area contributed by atoms with Crippen LogP contribution in [0, 0.1) is 0 Å². The summed E-state index contributed by atoms with van der Waals surface area (Å²) in [6.07, 6.45) is 69.7. The topological polar surface area (TPSA) is 78.9 Å². The summed E-state index contributed by atoms with van der Waals surface area (Å²) in [5.41, 5.74) is 0. The molecule has 1 atom stereocenters. The van der Waals surface area contributed by atoms with Crippen molar-refractivity contribution >= 4 is 17.9 Å². The monoisotopic (exact) mass is 903 g/mol. The lowest BCUT2D eigenvalue weighted by molar-refractivity contribution is -0.167. The molecule has 0 radical (unpaired) electrons. The molecule has 65 heavy (non-hydrogen) atoms. The molecule has 0 N–H and O–H groups in total. The summed E-state index contributed by atoms with van der Waals surface area (Å²) in [4.78, 5) is 37.9. The van der Waals surface area contributed by atoms with Crippen LogP contribution in [0.2, 0.25) is 0 Å². The number of carbonyl (C=O) groups is 3. The molecule has 1 unspecified atom stereocenters. The van der Waals surface area contributed by atoms with Crippen LogP contribution in [0.3, 0.4) is 0 Å². The first-order chi connectivity index (χ1) is 32.0. The molecule has 0 fully saturated rings. The molecule has 0 amide bonds. The van der Waals surface area contributed by atoms with Gasteiger partial charge in [0.05, 0.1) is 0 Å². The van der Waals surface area contributed by atoms with Crippen LogP contribution in [0.4, 0.5) is 0 Å². The Morgan fingerprint density at radius 1 is 0.323 bits per heavy atom. The van der Waals surface area contributed by atoms with Crippen molar-refractivity contribution in [2.24, 2.45) is 0 Å². The third-order valence-corrected chi connectivity index (χ3v) is 11.1. The molecule has 0 aliphatic rings. The molecule has 0 spiro atoms. The van der Waals surface area contributed by atoms with Gasteiger partial charge in [0.15, 0.2) is 6.10 Å². The van der Waals surface area contributed by atoms with Gasteiger partial charge in [-0.25, -0.2) is 0 Å². The first-order valence-corrected chi connectivity index (χ1v) is 26.7. The van der Waals surface area contributed by atoms with Gasteiger partial charge < -0.3 is 14.2 Å². The summed E-state index contributed by atoms with van der Waals surface area (Å²) in [5.74, 6) is -0.938. The van der Waals surface area contributed by atoms with Gasteiger partial charge in [-0.15, -0.1) is 0 Å². The van der Waals surface area contributed by atoms with E-state index in [4.69, 9.17) is 14.2 Å². The molecule has 0 saturated heterocycles. The van der Waals surface area contributed by atoms with E-state index in [0.717, 1.165) is 128 Å². The summed E-state index contributed by atoms with van der Waals surface area (Å²) in [7, 11) is 0. The minimum absolute atomic E-state index is 0.0920. The van der Waals surface area contributed by atoms with Gasteiger partial charge >= 0.3 is 17.9 Å². The van der Waals surface area contributed by atoms with Crippen LogP contribution in [0.15, 0.2) is 97.2 Å². The number of ether oxygens (including phenoxy) is 3. The average molecular weight is 903 g/mol. The molecule has 0 aliphatic heterocycles. The van der Waals surface area contributed by atoms with Crippen molar-refractivity contribution in [3.05, 3.63) is 97.2 Å². The Morgan fingerprint density at radius 3 is 1.03 bits per heavy atom. The minimum atomic E-state index is -0.792. The normalized spacial score (nSPS) is 12.8. The van der Waals surface area contributed by atoms with Crippen molar-refractivity contribution in [2.75, 3.05) is 13.2 Å². The zero-order valence-corrected chi connectivity index (χ0v) is 42.2. The van der Waals surface area contributed by atoms with Crippen LogP contribution in [0.25, 0.3) is 0 Å². The van der Waals surface area contributed by atoms with Gasteiger partial charge in [-0.3, -0.25) is 14.4 Å². The maximum Gasteiger partial charge on any atom is 0.306 e. The van der Waals surface area contributed by atoms with Crippen LogP contribution in [0.1, 0.15) is 239 Å². The fourth-order valence-electron chi connectivity index (χ4n) is 7.07. The van der Waals surface area contributed by atoms with E-state index in [1.807, 2.05) is 0 Å². The number of rotatable bonds is 47. The highest BCUT2D eigenvalue weighted by atomic mass is 16.6. The zero-order chi connectivity index (χ0) is 47.2. The van der Waals surface area contributed by atoms with Gasteiger partial charge in [0.1, 0.15) is 13.2 Å². The second kappa shape index (κ2) is 52.9. The lowest BCUT2D eigenvalue weighted by atomic mass is 10.0. The number of allylic oxidation sites excluding steroid dienone is 16. The highest BCUT2D eigenvalue weighted by Crippen LogP contribution is 2.14. The van der Waals surface area contributed by atoms with Gasteiger partial charge in [-0.05, 0) is 96.3 Å². The number of esters is 3. The van der Waals surface area contributed by atoms with E-state index < -0.39 is 6.10 Å². The van der Waals surface area contributed by atoms with Gasteiger partial charge in [0.2, 0.25) is 0 Å². The lowest BCUT2D eigenvalue weighted by Gasteiger charge is -2.18. The van der Waals surface area contributed by atoms with Gasteiger partial charge in [-0.2, -0.15) is 0 Å². The lowest BCUT2D eigenvalue weighted by Crippen LogP contribution is -2.30. The van der Waals surface area contributed by atoms with E-state index in [0.29, 0.717) is 19.3 Å². The maximum absolute atomic E-state index is 12.8. The molecule has 0 rings (SSSR count). The fourth-order valence-corrected chi connectivity index (χ4v) is 7.07. The Bertz CT molecular complexity index is 1310. The predicted octanol–water partition coefficient (Wildman–Crippen LogP) is 17.8. The van der Waals surface area contributed by atoms with E-state index in [1.165, 1.54) is 70.6 Å². The molecule has 0 aliphatic carbocycles. The Hall–Kier alpha value is -3.67. The quantitative estimate of drug-likeness (QED) is 0.0262. The predicted molar refractivity (Wildman–Crippen MR) is 279 cm³/mol. The van der Waals surface area contributed by atoms with E-state index in [9.17, 15) is 14.4 Å². The third-order valence-electron chi connectivity index (χ3n) is 11.1. The highest BCUT2D eigenvalue weighted by Gasteiger charge is 2.19. The average Bonchev–Trinajstić information content (AvgIpc) is 3.30. The van der Waals surface area contributed by atoms with Crippen molar-refractivity contribution < 1.29 is 28.6 Å². The van der Waals surface area contributed by atoms with Crippen LogP contribution < -0.4 is 0 Å². The summed E-state index contributed by atoms with van der Waals surface area (Å²) in [5, 5.41) is 0.